The molecular formula is C17H29N3O2. The maximum Gasteiger partial charge on any atom is 0.191 e. The normalized spacial score (nSPS) is 11.8. The van der Waals surface area contributed by atoms with Gasteiger partial charge in [0.05, 0.1) is 19.8 Å². The van der Waals surface area contributed by atoms with E-state index in [1.807, 2.05) is 6.92 Å². The second-order valence-electron chi connectivity index (χ2n) is 5.29. The van der Waals surface area contributed by atoms with E-state index in [-0.39, 0.29) is 0 Å². The Morgan fingerprint density at radius 1 is 1.18 bits per heavy atom. The summed E-state index contributed by atoms with van der Waals surface area (Å²) in [6, 6.07) is 8.73. The van der Waals surface area contributed by atoms with Gasteiger partial charge in [-0.25, -0.2) is 0 Å². The van der Waals surface area contributed by atoms with Gasteiger partial charge in [0, 0.05) is 26.2 Å². The molecule has 0 aromatic heterocycles. The molecule has 0 aliphatic rings. The molecule has 1 aromatic carbocycles. The monoisotopic (exact) mass is 307 g/mol. The van der Waals surface area contributed by atoms with Crippen LogP contribution in [0.25, 0.3) is 0 Å². The number of benzene rings is 1. The van der Waals surface area contributed by atoms with Crippen molar-refractivity contribution in [3.05, 3.63) is 35.4 Å². The molecule has 5 heteroatoms. The zero-order chi connectivity index (χ0) is 16.2. The van der Waals surface area contributed by atoms with Crippen LogP contribution in [0.2, 0.25) is 0 Å². The molecule has 1 aromatic rings. The maximum atomic E-state index is 5.59. The van der Waals surface area contributed by atoms with E-state index in [0.717, 1.165) is 19.1 Å². The lowest BCUT2D eigenvalue weighted by atomic mass is 10.1. The van der Waals surface area contributed by atoms with Crippen LogP contribution in [0.15, 0.2) is 29.3 Å². The van der Waals surface area contributed by atoms with Crippen molar-refractivity contribution in [3.63, 3.8) is 0 Å². The van der Waals surface area contributed by atoms with Crippen molar-refractivity contribution in [3.8, 4) is 0 Å². The second kappa shape index (κ2) is 11.0. The van der Waals surface area contributed by atoms with Crippen LogP contribution in [-0.2, 0) is 22.6 Å². The summed E-state index contributed by atoms with van der Waals surface area (Å²) in [5, 5.41) is 6.57. The van der Waals surface area contributed by atoms with Crippen LogP contribution in [0, 0.1) is 0 Å². The van der Waals surface area contributed by atoms with Gasteiger partial charge in [0.15, 0.2) is 5.96 Å². The van der Waals surface area contributed by atoms with E-state index >= 15 is 0 Å². The third kappa shape index (κ3) is 8.00. The number of hydrogen-bond donors (Lipinski definition) is 2. The number of ether oxygens (including phenoxy) is 2. The number of nitrogens with zero attached hydrogens (tertiary/aromatic N) is 1. The van der Waals surface area contributed by atoms with Gasteiger partial charge in [0.25, 0.3) is 0 Å². The van der Waals surface area contributed by atoms with E-state index in [1.165, 1.54) is 11.1 Å². The fourth-order valence-corrected chi connectivity index (χ4v) is 1.94. The summed E-state index contributed by atoms with van der Waals surface area (Å²) in [6.07, 6.45) is 0. The molecule has 0 fully saturated rings. The largest absolute Gasteiger partial charge is 0.379 e. The molecule has 0 aliphatic carbocycles. The number of rotatable bonds is 9. The average Bonchev–Trinajstić information content (AvgIpc) is 2.51. The predicted molar refractivity (Wildman–Crippen MR) is 91.1 cm³/mol. The summed E-state index contributed by atoms with van der Waals surface area (Å²) in [6.45, 7) is 9.52. The molecule has 0 amide bonds. The predicted octanol–water partition coefficient (Wildman–Crippen LogP) is 2.31. The molecule has 0 saturated carbocycles. The smallest absolute Gasteiger partial charge is 0.191 e. The van der Waals surface area contributed by atoms with Gasteiger partial charge < -0.3 is 20.1 Å². The molecular weight excluding hydrogens is 278 g/mol. The van der Waals surface area contributed by atoms with Crippen LogP contribution in [0.4, 0.5) is 0 Å². The average molecular weight is 307 g/mol. The Labute approximate surface area is 134 Å². The van der Waals surface area contributed by atoms with Crippen molar-refractivity contribution in [2.24, 2.45) is 4.99 Å². The van der Waals surface area contributed by atoms with Crippen molar-refractivity contribution in [2.75, 3.05) is 26.9 Å². The minimum absolute atomic E-state index is 0.358. The maximum absolute atomic E-state index is 5.59. The van der Waals surface area contributed by atoms with Crippen molar-refractivity contribution >= 4 is 5.96 Å². The fraction of sp³-hybridized carbons (Fsp3) is 0.588. The first-order chi connectivity index (χ1) is 10.7. The van der Waals surface area contributed by atoms with Crippen LogP contribution >= 0.6 is 0 Å². The van der Waals surface area contributed by atoms with Crippen molar-refractivity contribution in [2.45, 2.75) is 40.0 Å². The Balaban J connectivity index is 2.40. The lowest BCUT2D eigenvalue weighted by Gasteiger charge is -2.14. The van der Waals surface area contributed by atoms with E-state index in [1.54, 1.807) is 7.05 Å². The molecule has 2 N–H and O–H groups in total. The molecule has 22 heavy (non-hydrogen) atoms. The highest BCUT2D eigenvalue weighted by molar-refractivity contribution is 5.79. The highest BCUT2D eigenvalue weighted by Gasteiger charge is 2.01. The van der Waals surface area contributed by atoms with Gasteiger partial charge in [-0.15, -0.1) is 0 Å². The Kier molecular flexibility index (Phi) is 9.26. The van der Waals surface area contributed by atoms with Crippen molar-refractivity contribution in [1.82, 2.24) is 10.6 Å². The summed E-state index contributed by atoms with van der Waals surface area (Å²) >= 11 is 0. The number of hydrogen-bond acceptors (Lipinski definition) is 3. The van der Waals surface area contributed by atoms with Gasteiger partial charge in [-0.3, -0.25) is 4.99 Å². The standard InChI is InChI=1S/C17H29N3O2/c1-5-21-9-10-22-13-16-8-6-7-15(11-16)12-19-17(18-4)20-14(2)3/h6-8,11,14H,5,9-10,12-13H2,1-4H3,(H2,18,19,20). The molecule has 0 aliphatic heterocycles. The van der Waals surface area contributed by atoms with Gasteiger partial charge in [0.2, 0.25) is 0 Å². The van der Waals surface area contributed by atoms with Gasteiger partial charge in [-0.05, 0) is 31.9 Å². The van der Waals surface area contributed by atoms with E-state index in [0.29, 0.717) is 25.9 Å². The molecule has 0 heterocycles. The van der Waals surface area contributed by atoms with Gasteiger partial charge in [0.1, 0.15) is 0 Å². The zero-order valence-corrected chi connectivity index (χ0v) is 14.2. The molecule has 0 spiro atoms. The van der Waals surface area contributed by atoms with Crippen LogP contribution in [-0.4, -0.2) is 38.9 Å². The van der Waals surface area contributed by atoms with E-state index in [9.17, 15) is 0 Å². The summed E-state index contributed by atoms with van der Waals surface area (Å²) in [7, 11) is 1.78. The Hall–Kier alpha value is -1.59. The molecule has 124 valence electrons. The topological polar surface area (TPSA) is 54.9 Å². The second-order valence-corrected chi connectivity index (χ2v) is 5.29. The first kappa shape index (κ1) is 18.5. The summed E-state index contributed by atoms with van der Waals surface area (Å²) in [5.74, 6) is 0.813. The van der Waals surface area contributed by atoms with Gasteiger partial charge >= 0.3 is 0 Å². The Morgan fingerprint density at radius 2 is 1.91 bits per heavy atom. The lowest BCUT2D eigenvalue weighted by molar-refractivity contribution is 0.0453. The highest BCUT2D eigenvalue weighted by atomic mass is 16.5. The molecule has 0 bridgehead atoms. The van der Waals surface area contributed by atoms with E-state index in [2.05, 4.69) is 53.7 Å². The fourth-order valence-electron chi connectivity index (χ4n) is 1.94. The van der Waals surface area contributed by atoms with E-state index < -0.39 is 0 Å². The molecule has 0 radical (unpaired) electrons. The quantitative estimate of drug-likeness (QED) is 0.418. The van der Waals surface area contributed by atoms with Crippen molar-refractivity contribution < 1.29 is 9.47 Å². The third-order valence-corrected chi connectivity index (χ3v) is 2.95. The minimum atomic E-state index is 0.358. The van der Waals surface area contributed by atoms with Gasteiger partial charge in [-0.1, -0.05) is 24.3 Å². The number of guanidine groups is 1. The first-order valence-electron chi connectivity index (χ1n) is 7.86. The SMILES string of the molecule is CCOCCOCc1cccc(CNC(=NC)NC(C)C)c1. The molecule has 0 saturated heterocycles. The molecule has 0 atom stereocenters. The summed E-state index contributed by atoms with van der Waals surface area (Å²) < 4.78 is 10.8. The number of aliphatic imine (C=N–C) groups is 1. The third-order valence-electron chi connectivity index (χ3n) is 2.95. The van der Waals surface area contributed by atoms with Crippen LogP contribution in [0.5, 0.6) is 0 Å². The van der Waals surface area contributed by atoms with Gasteiger partial charge in [-0.2, -0.15) is 0 Å². The first-order valence-corrected chi connectivity index (χ1v) is 7.86. The molecule has 0 unspecified atom stereocenters. The lowest BCUT2D eigenvalue weighted by Crippen LogP contribution is -2.40. The molecule has 1 rings (SSSR count). The summed E-state index contributed by atoms with van der Waals surface area (Å²) in [5.41, 5.74) is 2.38. The summed E-state index contributed by atoms with van der Waals surface area (Å²) in [4.78, 5) is 4.20. The highest BCUT2D eigenvalue weighted by Crippen LogP contribution is 2.06. The Bertz CT molecular complexity index is 447. The van der Waals surface area contributed by atoms with Crippen LogP contribution in [0.1, 0.15) is 31.9 Å². The minimum Gasteiger partial charge on any atom is -0.379 e. The Morgan fingerprint density at radius 3 is 2.59 bits per heavy atom. The zero-order valence-electron chi connectivity index (χ0n) is 14.2. The van der Waals surface area contributed by atoms with Crippen LogP contribution < -0.4 is 10.6 Å². The molecule has 5 nitrogen and oxygen atoms in total. The van der Waals surface area contributed by atoms with E-state index in [4.69, 9.17) is 9.47 Å². The van der Waals surface area contributed by atoms with Crippen molar-refractivity contribution in [1.29, 1.82) is 0 Å². The number of nitrogens with one attached hydrogen (secondary N) is 2. The van der Waals surface area contributed by atoms with Crippen LogP contribution in [0.3, 0.4) is 0 Å².